The van der Waals surface area contributed by atoms with Gasteiger partial charge in [-0.2, -0.15) is 30.7 Å². The topological polar surface area (TPSA) is 23.5 Å². The summed E-state index contributed by atoms with van der Waals surface area (Å²) in [5.41, 5.74) is -2.04. The lowest BCUT2D eigenvalue weighted by Gasteiger charge is -2.34. The Bertz CT molecular complexity index is 563. The number of hydrogen-bond donors (Lipinski definition) is 1. The number of alkyl halides is 7. The highest BCUT2D eigenvalue weighted by Crippen LogP contribution is 2.50. The zero-order valence-corrected chi connectivity index (χ0v) is 14.0. The van der Waals surface area contributed by atoms with Crippen LogP contribution in [-0.2, 0) is 5.60 Å². The SMILES string of the molecule is CCN(CC)c1ccc(C(C)(O)CC(F)(F)C(F)(F)C(F)(F)F)cc1. The molecule has 144 valence electrons. The summed E-state index contributed by atoms with van der Waals surface area (Å²) in [6, 6.07) is 5.43. The van der Waals surface area contributed by atoms with Crippen LogP contribution >= 0.6 is 0 Å². The van der Waals surface area contributed by atoms with E-state index in [9.17, 15) is 35.8 Å². The summed E-state index contributed by atoms with van der Waals surface area (Å²) in [5.74, 6) is -11.7. The molecule has 9 heteroatoms. The fraction of sp³-hybridized carbons (Fsp3) is 0.625. The Morgan fingerprint density at radius 2 is 1.32 bits per heavy atom. The second-order valence-electron chi connectivity index (χ2n) is 5.95. The van der Waals surface area contributed by atoms with Crippen molar-refractivity contribution in [2.24, 2.45) is 0 Å². The van der Waals surface area contributed by atoms with E-state index in [1.807, 2.05) is 18.7 Å². The predicted octanol–water partition coefficient (Wildman–Crippen LogP) is 4.96. The minimum Gasteiger partial charge on any atom is -0.385 e. The lowest BCUT2D eigenvalue weighted by Crippen LogP contribution is -2.54. The Morgan fingerprint density at radius 3 is 1.68 bits per heavy atom. The summed E-state index contributed by atoms with van der Waals surface area (Å²) < 4.78 is 89.8. The number of nitrogens with zero attached hydrogens (tertiary/aromatic N) is 1. The second-order valence-corrected chi connectivity index (χ2v) is 5.95. The van der Waals surface area contributed by atoms with Gasteiger partial charge in [0.05, 0.1) is 12.0 Å². The number of rotatable bonds is 7. The first-order chi connectivity index (χ1) is 11.2. The van der Waals surface area contributed by atoms with Crippen LogP contribution in [0.5, 0.6) is 0 Å². The first-order valence-electron chi connectivity index (χ1n) is 7.60. The van der Waals surface area contributed by atoms with Gasteiger partial charge in [-0.25, -0.2) is 0 Å². The maximum atomic E-state index is 13.6. The van der Waals surface area contributed by atoms with E-state index in [2.05, 4.69) is 0 Å². The molecule has 0 radical (unpaired) electrons. The van der Waals surface area contributed by atoms with Gasteiger partial charge in [0.15, 0.2) is 0 Å². The summed E-state index contributed by atoms with van der Waals surface area (Å²) in [7, 11) is 0. The summed E-state index contributed by atoms with van der Waals surface area (Å²) in [6.45, 7) is 5.85. The monoisotopic (exact) mass is 375 g/mol. The number of benzene rings is 1. The molecule has 1 unspecified atom stereocenters. The van der Waals surface area contributed by atoms with E-state index < -0.39 is 30.0 Å². The molecule has 25 heavy (non-hydrogen) atoms. The summed E-state index contributed by atoms with van der Waals surface area (Å²) in [4.78, 5) is 1.91. The van der Waals surface area contributed by atoms with Crippen LogP contribution in [0.25, 0.3) is 0 Å². The third-order valence-electron chi connectivity index (χ3n) is 4.00. The zero-order chi connectivity index (χ0) is 19.7. The first kappa shape index (κ1) is 21.5. The van der Waals surface area contributed by atoms with Gasteiger partial charge in [-0.05, 0) is 38.5 Å². The molecule has 0 fully saturated rings. The molecule has 0 saturated heterocycles. The van der Waals surface area contributed by atoms with Crippen LogP contribution in [-0.4, -0.2) is 36.2 Å². The molecule has 1 atom stereocenters. The minimum atomic E-state index is -6.42. The van der Waals surface area contributed by atoms with Crippen molar-refractivity contribution >= 4 is 5.69 Å². The van der Waals surface area contributed by atoms with Gasteiger partial charge in [-0.15, -0.1) is 0 Å². The molecule has 0 aromatic heterocycles. The van der Waals surface area contributed by atoms with E-state index in [1.165, 1.54) is 24.3 Å². The fourth-order valence-electron chi connectivity index (χ4n) is 2.47. The van der Waals surface area contributed by atoms with Gasteiger partial charge in [-0.3, -0.25) is 0 Å². The average molecular weight is 375 g/mol. The summed E-state index contributed by atoms with van der Waals surface area (Å²) in [5, 5.41) is 10.1. The molecular weight excluding hydrogens is 355 g/mol. The number of aliphatic hydroxyl groups is 1. The molecule has 1 N–H and O–H groups in total. The quantitative estimate of drug-likeness (QED) is 0.681. The van der Waals surface area contributed by atoms with Crippen molar-refractivity contribution in [2.75, 3.05) is 18.0 Å². The highest BCUT2D eigenvalue weighted by molar-refractivity contribution is 5.48. The molecule has 0 amide bonds. The van der Waals surface area contributed by atoms with Crippen LogP contribution in [0.1, 0.15) is 32.8 Å². The summed E-state index contributed by atoms with van der Waals surface area (Å²) in [6.07, 6.45) is -8.49. The fourth-order valence-corrected chi connectivity index (χ4v) is 2.47. The molecule has 1 aromatic rings. The molecule has 0 aliphatic carbocycles. The Hall–Kier alpha value is -1.51. The second kappa shape index (κ2) is 7.01. The van der Waals surface area contributed by atoms with Crippen LogP contribution in [0.2, 0.25) is 0 Å². The maximum Gasteiger partial charge on any atom is 0.459 e. The van der Waals surface area contributed by atoms with E-state index in [-0.39, 0.29) is 5.56 Å². The lowest BCUT2D eigenvalue weighted by molar-refractivity contribution is -0.361. The molecule has 0 aliphatic heterocycles. The van der Waals surface area contributed by atoms with Gasteiger partial charge in [0.1, 0.15) is 0 Å². The lowest BCUT2D eigenvalue weighted by atomic mass is 9.87. The first-order valence-corrected chi connectivity index (χ1v) is 7.60. The van der Waals surface area contributed by atoms with Crippen molar-refractivity contribution in [2.45, 2.75) is 50.8 Å². The van der Waals surface area contributed by atoms with E-state index in [4.69, 9.17) is 0 Å². The van der Waals surface area contributed by atoms with E-state index in [0.29, 0.717) is 18.8 Å². The van der Waals surface area contributed by atoms with Gasteiger partial charge in [-0.1, -0.05) is 12.1 Å². The third kappa shape index (κ3) is 4.37. The molecule has 0 spiro atoms. The van der Waals surface area contributed by atoms with Crippen molar-refractivity contribution in [3.05, 3.63) is 29.8 Å². The van der Waals surface area contributed by atoms with Gasteiger partial charge in [0.25, 0.3) is 0 Å². The minimum absolute atomic E-state index is 0.180. The zero-order valence-electron chi connectivity index (χ0n) is 14.0. The summed E-state index contributed by atoms with van der Waals surface area (Å²) >= 11 is 0. The van der Waals surface area contributed by atoms with E-state index in [1.54, 1.807) is 0 Å². The van der Waals surface area contributed by atoms with Crippen LogP contribution in [0.15, 0.2) is 24.3 Å². The Balaban J connectivity index is 3.09. The smallest absolute Gasteiger partial charge is 0.385 e. The third-order valence-corrected chi connectivity index (χ3v) is 4.00. The Labute approximate surface area is 141 Å². The standard InChI is InChI=1S/C16H20F7NO/c1-4-24(5-2)12-8-6-11(7-9-12)13(3,25)10-14(17,18)15(19,20)16(21,22)23/h6-9,25H,4-5,10H2,1-3H3. The number of hydrogen-bond acceptors (Lipinski definition) is 2. The van der Waals surface area contributed by atoms with Gasteiger partial charge >= 0.3 is 18.0 Å². The molecule has 0 saturated carbocycles. The highest BCUT2D eigenvalue weighted by Gasteiger charge is 2.73. The van der Waals surface area contributed by atoms with Crippen molar-refractivity contribution in [1.82, 2.24) is 0 Å². The van der Waals surface area contributed by atoms with E-state index in [0.717, 1.165) is 6.92 Å². The Kier molecular flexibility index (Phi) is 6.04. The van der Waals surface area contributed by atoms with Crippen LogP contribution in [0.3, 0.4) is 0 Å². The molecule has 2 nitrogen and oxygen atoms in total. The van der Waals surface area contributed by atoms with Crippen molar-refractivity contribution in [1.29, 1.82) is 0 Å². The van der Waals surface area contributed by atoms with Crippen molar-refractivity contribution < 1.29 is 35.8 Å². The largest absolute Gasteiger partial charge is 0.459 e. The number of halogens is 7. The molecule has 0 bridgehead atoms. The van der Waals surface area contributed by atoms with E-state index >= 15 is 0 Å². The molecular formula is C16H20F7NO. The normalized spacial score (nSPS) is 15.8. The average Bonchev–Trinajstić information content (AvgIpc) is 2.46. The highest BCUT2D eigenvalue weighted by atomic mass is 19.4. The van der Waals surface area contributed by atoms with Gasteiger partial charge in [0.2, 0.25) is 0 Å². The molecule has 0 heterocycles. The number of anilines is 1. The van der Waals surface area contributed by atoms with Crippen molar-refractivity contribution in [3.63, 3.8) is 0 Å². The Morgan fingerprint density at radius 1 is 0.880 bits per heavy atom. The predicted molar refractivity (Wildman–Crippen MR) is 80.1 cm³/mol. The van der Waals surface area contributed by atoms with Crippen molar-refractivity contribution in [3.8, 4) is 0 Å². The maximum absolute atomic E-state index is 13.6. The van der Waals surface area contributed by atoms with Crippen LogP contribution in [0, 0.1) is 0 Å². The molecule has 0 aliphatic rings. The van der Waals surface area contributed by atoms with Gasteiger partial charge in [0, 0.05) is 18.8 Å². The van der Waals surface area contributed by atoms with Crippen LogP contribution in [0.4, 0.5) is 36.4 Å². The van der Waals surface area contributed by atoms with Gasteiger partial charge < -0.3 is 10.0 Å². The van der Waals surface area contributed by atoms with Crippen LogP contribution < -0.4 is 4.90 Å². The molecule has 1 rings (SSSR count). The molecule has 1 aromatic carbocycles.